The minimum atomic E-state index is 0.661. The van der Waals surface area contributed by atoms with E-state index in [1.165, 1.54) is 37.7 Å². The van der Waals surface area contributed by atoms with Gasteiger partial charge in [-0.2, -0.15) is 0 Å². The number of nitrogens with one attached hydrogen (secondary N) is 1. The molecule has 0 saturated heterocycles. The Labute approximate surface area is 104 Å². The van der Waals surface area contributed by atoms with Crippen LogP contribution in [0.3, 0.4) is 0 Å². The standard InChI is InChI=1S/C14H23N3/c1-2-7-15-8-12-5-3-4-6-14(12)13-9-16-11-17-10-13/h9-12,14-15H,2-8H2,1H3. The van der Waals surface area contributed by atoms with Gasteiger partial charge in [-0.3, -0.25) is 0 Å². The molecule has 1 fully saturated rings. The summed E-state index contributed by atoms with van der Waals surface area (Å²) in [6, 6.07) is 0. The van der Waals surface area contributed by atoms with Crippen LogP contribution in [0.15, 0.2) is 18.7 Å². The van der Waals surface area contributed by atoms with E-state index in [4.69, 9.17) is 0 Å². The predicted octanol–water partition coefficient (Wildman–Crippen LogP) is 2.75. The molecule has 3 nitrogen and oxygen atoms in total. The maximum atomic E-state index is 4.16. The van der Waals surface area contributed by atoms with E-state index in [9.17, 15) is 0 Å². The van der Waals surface area contributed by atoms with Crippen molar-refractivity contribution in [3.63, 3.8) is 0 Å². The van der Waals surface area contributed by atoms with Crippen LogP contribution in [0.25, 0.3) is 0 Å². The van der Waals surface area contributed by atoms with Gasteiger partial charge in [0.15, 0.2) is 0 Å². The minimum absolute atomic E-state index is 0.661. The monoisotopic (exact) mass is 233 g/mol. The molecule has 1 N–H and O–H groups in total. The van der Waals surface area contributed by atoms with Crippen LogP contribution in [0.5, 0.6) is 0 Å². The van der Waals surface area contributed by atoms with Gasteiger partial charge in [-0.25, -0.2) is 9.97 Å². The third-order valence-electron chi connectivity index (χ3n) is 3.75. The van der Waals surface area contributed by atoms with Crippen LogP contribution in [0.4, 0.5) is 0 Å². The van der Waals surface area contributed by atoms with Gasteiger partial charge in [-0.05, 0) is 49.8 Å². The van der Waals surface area contributed by atoms with E-state index in [1.807, 2.05) is 12.4 Å². The van der Waals surface area contributed by atoms with Crippen LogP contribution >= 0.6 is 0 Å². The highest BCUT2D eigenvalue weighted by atomic mass is 14.9. The van der Waals surface area contributed by atoms with E-state index < -0.39 is 0 Å². The van der Waals surface area contributed by atoms with Crippen molar-refractivity contribution in [1.82, 2.24) is 15.3 Å². The predicted molar refractivity (Wildman–Crippen MR) is 69.9 cm³/mol. The summed E-state index contributed by atoms with van der Waals surface area (Å²) < 4.78 is 0. The van der Waals surface area contributed by atoms with Gasteiger partial charge in [-0.1, -0.05) is 19.8 Å². The van der Waals surface area contributed by atoms with E-state index in [0.717, 1.165) is 19.0 Å². The summed E-state index contributed by atoms with van der Waals surface area (Å²) in [7, 11) is 0. The lowest BCUT2D eigenvalue weighted by atomic mass is 9.76. The molecule has 1 heterocycles. The largest absolute Gasteiger partial charge is 0.316 e. The van der Waals surface area contributed by atoms with E-state index in [1.54, 1.807) is 6.33 Å². The summed E-state index contributed by atoms with van der Waals surface area (Å²) in [5.74, 6) is 1.43. The molecule has 94 valence electrons. The van der Waals surface area contributed by atoms with Gasteiger partial charge in [0.2, 0.25) is 0 Å². The Hall–Kier alpha value is -0.960. The van der Waals surface area contributed by atoms with Crippen LogP contribution in [-0.4, -0.2) is 23.1 Å². The van der Waals surface area contributed by atoms with E-state index in [2.05, 4.69) is 22.2 Å². The summed E-state index contributed by atoms with van der Waals surface area (Å²) >= 11 is 0. The smallest absolute Gasteiger partial charge is 0.115 e. The summed E-state index contributed by atoms with van der Waals surface area (Å²) in [5, 5.41) is 3.56. The molecule has 1 aromatic heterocycles. The minimum Gasteiger partial charge on any atom is -0.316 e. The van der Waals surface area contributed by atoms with E-state index in [-0.39, 0.29) is 0 Å². The first kappa shape index (κ1) is 12.5. The molecule has 0 aliphatic heterocycles. The van der Waals surface area contributed by atoms with Gasteiger partial charge in [0, 0.05) is 12.4 Å². The molecular weight excluding hydrogens is 210 g/mol. The fourth-order valence-corrected chi connectivity index (χ4v) is 2.86. The molecule has 0 bridgehead atoms. The molecule has 1 aliphatic carbocycles. The van der Waals surface area contributed by atoms with Gasteiger partial charge >= 0.3 is 0 Å². The van der Waals surface area contributed by atoms with Crippen LogP contribution in [0.1, 0.15) is 50.5 Å². The van der Waals surface area contributed by atoms with Gasteiger partial charge in [-0.15, -0.1) is 0 Å². The van der Waals surface area contributed by atoms with E-state index >= 15 is 0 Å². The second-order valence-corrected chi connectivity index (χ2v) is 5.03. The maximum absolute atomic E-state index is 4.16. The average molecular weight is 233 g/mol. The Kier molecular flexibility index (Phi) is 4.92. The van der Waals surface area contributed by atoms with Crippen molar-refractivity contribution in [3.8, 4) is 0 Å². The molecule has 2 atom stereocenters. The molecule has 1 saturated carbocycles. The molecule has 1 aromatic rings. The molecule has 0 amide bonds. The molecule has 0 radical (unpaired) electrons. The summed E-state index contributed by atoms with van der Waals surface area (Å²) in [5.41, 5.74) is 1.33. The number of nitrogens with zero attached hydrogens (tertiary/aromatic N) is 2. The van der Waals surface area contributed by atoms with Crippen molar-refractivity contribution in [3.05, 3.63) is 24.3 Å². The van der Waals surface area contributed by atoms with Gasteiger partial charge in [0.25, 0.3) is 0 Å². The molecule has 3 heteroatoms. The molecule has 0 spiro atoms. The molecule has 17 heavy (non-hydrogen) atoms. The second-order valence-electron chi connectivity index (χ2n) is 5.03. The van der Waals surface area contributed by atoms with Crippen LogP contribution in [0.2, 0.25) is 0 Å². The summed E-state index contributed by atoms with van der Waals surface area (Å²) in [6.07, 6.45) is 12.2. The highest BCUT2D eigenvalue weighted by Gasteiger charge is 2.26. The molecule has 1 aliphatic rings. The summed E-state index contributed by atoms with van der Waals surface area (Å²) in [6.45, 7) is 4.50. The Morgan fingerprint density at radius 2 is 2.00 bits per heavy atom. The lowest BCUT2D eigenvalue weighted by molar-refractivity contribution is 0.295. The fraction of sp³-hybridized carbons (Fsp3) is 0.714. The molecule has 2 rings (SSSR count). The average Bonchev–Trinajstić information content (AvgIpc) is 2.41. The van der Waals surface area contributed by atoms with Crippen molar-refractivity contribution in [2.24, 2.45) is 5.92 Å². The van der Waals surface area contributed by atoms with Crippen LogP contribution in [-0.2, 0) is 0 Å². The number of rotatable bonds is 5. The molecule has 2 unspecified atom stereocenters. The third kappa shape index (κ3) is 3.50. The van der Waals surface area contributed by atoms with Gasteiger partial charge in [0.1, 0.15) is 6.33 Å². The van der Waals surface area contributed by atoms with Gasteiger partial charge < -0.3 is 5.32 Å². The van der Waals surface area contributed by atoms with Crippen molar-refractivity contribution in [2.75, 3.05) is 13.1 Å². The Morgan fingerprint density at radius 3 is 2.76 bits per heavy atom. The number of hydrogen-bond acceptors (Lipinski definition) is 3. The third-order valence-corrected chi connectivity index (χ3v) is 3.75. The van der Waals surface area contributed by atoms with Crippen LogP contribution in [0, 0.1) is 5.92 Å². The molecular formula is C14H23N3. The normalized spacial score (nSPS) is 24.8. The maximum Gasteiger partial charge on any atom is 0.115 e. The zero-order chi connectivity index (χ0) is 11.9. The number of hydrogen-bond donors (Lipinski definition) is 1. The topological polar surface area (TPSA) is 37.8 Å². The Bertz CT molecular complexity index is 313. The lowest BCUT2D eigenvalue weighted by Crippen LogP contribution is -2.30. The highest BCUT2D eigenvalue weighted by molar-refractivity contribution is 5.12. The quantitative estimate of drug-likeness (QED) is 0.795. The Morgan fingerprint density at radius 1 is 1.24 bits per heavy atom. The van der Waals surface area contributed by atoms with Crippen molar-refractivity contribution in [2.45, 2.75) is 44.9 Å². The Balaban J connectivity index is 1.97. The van der Waals surface area contributed by atoms with Gasteiger partial charge in [0.05, 0.1) is 0 Å². The highest BCUT2D eigenvalue weighted by Crippen LogP contribution is 2.36. The van der Waals surface area contributed by atoms with E-state index in [0.29, 0.717) is 5.92 Å². The summed E-state index contributed by atoms with van der Waals surface area (Å²) in [4.78, 5) is 8.32. The van der Waals surface area contributed by atoms with Crippen molar-refractivity contribution >= 4 is 0 Å². The fourth-order valence-electron chi connectivity index (χ4n) is 2.86. The van der Waals surface area contributed by atoms with Crippen LogP contribution < -0.4 is 5.32 Å². The van der Waals surface area contributed by atoms with Crippen molar-refractivity contribution < 1.29 is 0 Å². The zero-order valence-corrected chi connectivity index (χ0v) is 10.7. The first-order valence-electron chi connectivity index (χ1n) is 6.87. The van der Waals surface area contributed by atoms with Crippen molar-refractivity contribution in [1.29, 1.82) is 0 Å². The first-order valence-corrected chi connectivity index (χ1v) is 6.87. The second kappa shape index (κ2) is 6.70. The number of aromatic nitrogens is 2. The first-order chi connectivity index (χ1) is 8.42. The SMILES string of the molecule is CCCNCC1CCCCC1c1cncnc1. The zero-order valence-electron chi connectivity index (χ0n) is 10.7. The molecule has 0 aromatic carbocycles. The lowest BCUT2D eigenvalue weighted by Gasteiger charge is -2.31.